The van der Waals surface area contributed by atoms with E-state index in [1.54, 1.807) is 18.5 Å². The Kier molecular flexibility index (Phi) is 4.83. The number of anilines is 1. The Morgan fingerprint density at radius 1 is 1.15 bits per heavy atom. The van der Waals surface area contributed by atoms with Crippen molar-refractivity contribution in [3.8, 4) is 17.1 Å². The van der Waals surface area contributed by atoms with Crippen molar-refractivity contribution in [1.82, 2.24) is 14.5 Å². The summed E-state index contributed by atoms with van der Waals surface area (Å²) < 4.78 is 47.3. The minimum absolute atomic E-state index is 0.118. The smallest absolute Gasteiger partial charge is 0.416 e. The van der Waals surface area contributed by atoms with Crippen molar-refractivity contribution in [3.05, 3.63) is 33.8 Å². The first kappa shape index (κ1) is 19.5. The monoisotopic (exact) mass is 442 g/mol. The van der Waals surface area contributed by atoms with Gasteiger partial charge in [0.25, 0.3) is 0 Å². The number of halogens is 4. The summed E-state index contributed by atoms with van der Waals surface area (Å²) in [6.07, 6.45) is -4.45. The van der Waals surface area contributed by atoms with Gasteiger partial charge in [-0.3, -0.25) is 0 Å². The number of benzene rings is 1. The lowest BCUT2D eigenvalue weighted by molar-refractivity contribution is -0.137. The summed E-state index contributed by atoms with van der Waals surface area (Å²) in [7, 11) is 6.88. The lowest BCUT2D eigenvalue weighted by Gasteiger charge is -2.15. The molecule has 0 aliphatic carbocycles. The number of aryl methyl sites for hydroxylation is 2. The third kappa shape index (κ3) is 3.36. The van der Waals surface area contributed by atoms with Crippen molar-refractivity contribution in [3.63, 3.8) is 0 Å². The van der Waals surface area contributed by atoms with Crippen molar-refractivity contribution >= 4 is 32.9 Å². The average Bonchev–Trinajstić information content (AvgIpc) is 2.88. The molecular weight excluding hydrogens is 425 g/mol. The number of imidazole rings is 1. The van der Waals surface area contributed by atoms with Gasteiger partial charge in [0.2, 0.25) is 0 Å². The van der Waals surface area contributed by atoms with Crippen LogP contribution in [-0.2, 0) is 13.2 Å². The van der Waals surface area contributed by atoms with E-state index < -0.39 is 11.7 Å². The van der Waals surface area contributed by atoms with Crippen molar-refractivity contribution in [2.24, 2.45) is 7.05 Å². The Labute approximate surface area is 162 Å². The summed E-state index contributed by atoms with van der Waals surface area (Å²) >= 11 is 3.50. The van der Waals surface area contributed by atoms with Crippen LogP contribution in [0.5, 0.6) is 5.75 Å². The Hall–Kier alpha value is -2.29. The molecule has 2 heterocycles. The number of pyridine rings is 1. The highest BCUT2D eigenvalue weighted by Crippen LogP contribution is 2.40. The molecule has 1 aromatic carbocycles. The molecule has 0 fully saturated rings. The van der Waals surface area contributed by atoms with Gasteiger partial charge in [0, 0.05) is 21.1 Å². The number of ether oxygens (including phenoxy) is 1. The highest BCUT2D eigenvalue weighted by atomic mass is 79.9. The van der Waals surface area contributed by atoms with Gasteiger partial charge in [-0.1, -0.05) is 0 Å². The van der Waals surface area contributed by atoms with E-state index in [2.05, 4.69) is 25.9 Å². The number of hydrogen-bond acceptors (Lipinski definition) is 4. The van der Waals surface area contributed by atoms with Crippen LogP contribution in [0.1, 0.15) is 11.1 Å². The maximum absolute atomic E-state index is 13.1. The van der Waals surface area contributed by atoms with Crippen LogP contribution in [0.15, 0.2) is 22.7 Å². The number of alkyl halides is 3. The molecule has 3 aromatic rings. The molecule has 0 unspecified atom stereocenters. The van der Waals surface area contributed by atoms with Crippen molar-refractivity contribution in [1.29, 1.82) is 0 Å². The predicted octanol–water partition coefficient (Wildman–Crippen LogP) is 4.80. The molecule has 0 saturated heterocycles. The first-order valence-corrected chi connectivity index (χ1v) is 8.80. The number of methoxy groups -OCH3 is 1. The summed E-state index contributed by atoms with van der Waals surface area (Å²) in [5.74, 6) is 1.32. The number of nitrogens with zero attached hydrogens (tertiary/aromatic N) is 4. The number of hydrogen-bond donors (Lipinski definition) is 0. The Balaban J connectivity index is 2.28. The molecular formula is C18H18BrF3N4O. The van der Waals surface area contributed by atoms with Gasteiger partial charge < -0.3 is 14.2 Å². The molecule has 0 N–H and O–H groups in total. The number of aromatic nitrogens is 3. The van der Waals surface area contributed by atoms with Gasteiger partial charge in [-0.25, -0.2) is 9.97 Å². The lowest BCUT2D eigenvalue weighted by atomic mass is 10.0. The second-order valence-corrected chi connectivity index (χ2v) is 7.25. The fourth-order valence-corrected chi connectivity index (χ4v) is 3.64. The van der Waals surface area contributed by atoms with Crippen molar-refractivity contribution in [2.75, 3.05) is 26.1 Å². The van der Waals surface area contributed by atoms with Gasteiger partial charge in [0.05, 0.1) is 28.2 Å². The highest BCUT2D eigenvalue weighted by Gasteiger charge is 2.33. The summed E-state index contributed by atoms with van der Waals surface area (Å²) in [6.45, 7) is 1.61. The third-order valence-corrected chi connectivity index (χ3v) is 4.89. The minimum Gasteiger partial charge on any atom is -0.496 e. The van der Waals surface area contributed by atoms with Gasteiger partial charge >= 0.3 is 6.18 Å². The van der Waals surface area contributed by atoms with E-state index in [4.69, 9.17) is 4.74 Å². The van der Waals surface area contributed by atoms with Gasteiger partial charge in [-0.05, 0) is 46.6 Å². The van der Waals surface area contributed by atoms with Crippen LogP contribution in [0.3, 0.4) is 0 Å². The maximum Gasteiger partial charge on any atom is 0.416 e. The summed E-state index contributed by atoms with van der Waals surface area (Å²) in [4.78, 5) is 11.0. The topological polar surface area (TPSA) is 43.2 Å². The van der Waals surface area contributed by atoms with Crippen LogP contribution < -0.4 is 9.64 Å². The molecule has 0 saturated carbocycles. The van der Waals surface area contributed by atoms with E-state index in [9.17, 15) is 13.2 Å². The van der Waals surface area contributed by atoms with Gasteiger partial charge in [0.1, 0.15) is 17.4 Å². The van der Waals surface area contributed by atoms with Crippen molar-refractivity contribution < 1.29 is 17.9 Å². The van der Waals surface area contributed by atoms with Crippen LogP contribution in [-0.4, -0.2) is 35.7 Å². The number of rotatable bonds is 3. The molecule has 0 atom stereocenters. The number of fused-ring (bicyclic) bond motifs is 1. The zero-order valence-corrected chi connectivity index (χ0v) is 17.0. The Morgan fingerprint density at radius 3 is 2.37 bits per heavy atom. The van der Waals surface area contributed by atoms with Gasteiger partial charge in [-0.2, -0.15) is 13.2 Å². The molecule has 0 aliphatic rings. The highest BCUT2D eigenvalue weighted by molar-refractivity contribution is 9.10. The quantitative estimate of drug-likeness (QED) is 0.584. The first-order chi connectivity index (χ1) is 12.5. The molecule has 0 aliphatic heterocycles. The summed E-state index contributed by atoms with van der Waals surface area (Å²) in [5, 5.41) is 0. The zero-order valence-electron chi connectivity index (χ0n) is 15.4. The molecule has 0 amide bonds. The SMILES string of the molecule is COc1cc(C(F)(F)F)cc(C)c1-c1nc2nc(N(C)C)c(Br)cc2n1C. The van der Waals surface area contributed by atoms with E-state index in [0.717, 1.165) is 22.1 Å². The van der Waals surface area contributed by atoms with Crippen LogP contribution in [0, 0.1) is 6.92 Å². The molecule has 2 aromatic heterocycles. The maximum atomic E-state index is 13.1. The van der Waals surface area contributed by atoms with E-state index in [-0.39, 0.29) is 5.75 Å². The molecule has 0 radical (unpaired) electrons. The second kappa shape index (κ2) is 6.70. The normalized spacial score (nSPS) is 11.9. The fourth-order valence-electron chi connectivity index (χ4n) is 2.98. The van der Waals surface area contributed by atoms with E-state index in [0.29, 0.717) is 28.4 Å². The Morgan fingerprint density at radius 2 is 1.81 bits per heavy atom. The molecule has 27 heavy (non-hydrogen) atoms. The van der Waals surface area contributed by atoms with Gasteiger partial charge in [-0.15, -0.1) is 0 Å². The summed E-state index contributed by atoms with van der Waals surface area (Å²) in [6, 6.07) is 3.99. The molecule has 0 bridgehead atoms. The molecule has 144 valence electrons. The molecule has 0 spiro atoms. The van der Waals surface area contributed by atoms with Gasteiger partial charge in [0.15, 0.2) is 5.65 Å². The van der Waals surface area contributed by atoms with Crippen LogP contribution >= 0.6 is 15.9 Å². The minimum atomic E-state index is -4.45. The van der Waals surface area contributed by atoms with E-state index in [1.165, 1.54) is 7.11 Å². The predicted molar refractivity (Wildman–Crippen MR) is 102 cm³/mol. The Bertz CT molecular complexity index is 1030. The summed E-state index contributed by atoms with van der Waals surface area (Å²) in [5.41, 5.74) is 1.43. The van der Waals surface area contributed by atoms with Crippen LogP contribution in [0.4, 0.5) is 19.0 Å². The average molecular weight is 443 g/mol. The van der Waals surface area contributed by atoms with E-state index >= 15 is 0 Å². The third-order valence-electron chi connectivity index (χ3n) is 4.30. The fraction of sp³-hybridized carbons (Fsp3) is 0.333. The largest absolute Gasteiger partial charge is 0.496 e. The lowest BCUT2D eigenvalue weighted by Crippen LogP contribution is -2.11. The first-order valence-electron chi connectivity index (χ1n) is 8.01. The standard InChI is InChI=1S/C18H18BrF3N4O/c1-9-6-10(18(20,21)22)7-13(27-5)14(9)17-24-15-12(26(17)4)8-11(19)16(23-15)25(2)3/h6-8H,1-5H3. The molecule has 3 rings (SSSR count). The zero-order chi connectivity index (χ0) is 20.1. The molecule has 5 nitrogen and oxygen atoms in total. The van der Waals surface area contributed by atoms with Crippen LogP contribution in [0.2, 0.25) is 0 Å². The van der Waals surface area contributed by atoms with E-state index in [1.807, 2.05) is 25.1 Å². The molecule has 9 heteroatoms. The van der Waals surface area contributed by atoms with Crippen LogP contribution in [0.25, 0.3) is 22.6 Å². The van der Waals surface area contributed by atoms with Crippen molar-refractivity contribution in [2.45, 2.75) is 13.1 Å². The second-order valence-electron chi connectivity index (χ2n) is 6.39.